The molecule has 3 aromatic rings. The molecule has 0 radical (unpaired) electrons. The zero-order chi connectivity index (χ0) is 27.1. The van der Waals surface area contributed by atoms with Gasteiger partial charge in [-0.1, -0.05) is 12.2 Å². The summed E-state index contributed by atoms with van der Waals surface area (Å²) in [5, 5.41) is 42.6. The summed E-state index contributed by atoms with van der Waals surface area (Å²) in [6.07, 6.45) is -5.04. The van der Waals surface area contributed by atoms with Crippen LogP contribution in [0.25, 0.3) is 11.2 Å². The van der Waals surface area contributed by atoms with Gasteiger partial charge in [-0.3, -0.25) is 14.2 Å². The number of rotatable bonds is 6. The zero-order valence-corrected chi connectivity index (χ0v) is 18.5. The number of fused-ring (bicyclic) bond motifs is 1. The molecule has 1 aliphatic rings. The van der Waals surface area contributed by atoms with E-state index in [0.29, 0.717) is 12.1 Å². The number of aromatic nitrogens is 4. The average molecular weight is 524 g/mol. The van der Waals surface area contributed by atoms with Crippen molar-refractivity contribution in [2.24, 2.45) is 0 Å². The number of phenolic OH excluding ortho intramolecular Hbond substituents is 2. The number of amides is 1. The highest BCUT2D eigenvalue weighted by Gasteiger charge is 2.43. The molecule has 16 heteroatoms. The second-order valence-electron chi connectivity index (χ2n) is 7.91. The number of carbonyl (C=O) groups is 2. The number of nitrogens with one attached hydrogen (secondary N) is 1. The number of ketones is 1. The highest BCUT2D eigenvalue weighted by atomic mass is 19.4. The first kappa shape index (κ1) is 25.8. The fraction of sp³-hybridized carbons (Fsp3) is 0.286. The van der Waals surface area contributed by atoms with Gasteiger partial charge in [-0.2, -0.15) is 13.2 Å². The van der Waals surface area contributed by atoms with Gasteiger partial charge < -0.3 is 36.2 Å². The Morgan fingerprint density at radius 3 is 2.59 bits per heavy atom. The van der Waals surface area contributed by atoms with Crippen molar-refractivity contribution in [1.29, 1.82) is 0 Å². The number of phenols is 2. The monoisotopic (exact) mass is 524 g/mol. The molecule has 7 N–H and O–H groups in total. The molecule has 196 valence electrons. The summed E-state index contributed by atoms with van der Waals surface area (Å²) >= 11 is 0. The van der Waals surface area contributed by atoms with E-state index in [-0.39, 0.29) is 23.5 Å². The van der Waals surface area contributed by atoms with E-state index >= 15 is 0 Å². The Balaban J connectivity index is 1.43. The Bertz CT molecular complexity index is 1390. The molecule has 1 saturated heterocycles. The Morgan fingerprint density at radius 2 is 1.89 bits per heavy atom. The van der Waals surface area contributed by atoms with Gasteiger partial charge in [0.1, 0.15) is 30.2 Å². The number of Topliss-reactive ketones (excluding diaryl/α,β-unsaturated/α-hetero) is 1. The van der Waals surface area contributed by atoms with Crippen molar-refractivity contribution in [3.05, 3.63) is 48.1 Å². The van der Waals surface area contributed by atoms with Crippen LogP contribution in [-0.2, 0) is 4.74 Å². The number of nitrogens with two attached hydrogens (primary N) is 1. The first-order chi connectivity index (χ1) is 17.4. The third kappa shape index (κ3) is 4.89. The quantitative estimate of drug-likeness (QED) is 0.146. The molecule has 0 bridgehead atoms. The highest BCUT2D eigenvalue weighted by molar-refractivity contribution is 6.05. The summed E-state index contributed by atoms with van der Waals surface area (Å²) in [6.45, 7) is -0.262. The van der Waals surface area contributed by atoms with Gasteiger partial charge in [0.2, 0.25) is 0 Å². The number of nitrogens with zero attached hydrogens (tertiary/aromatic N) is 4. The molecule has 13 nitrogen and oxygen atoms in total. The lowest BCUT2D eigenvalue weighted by atomic mass is 10.0. The maximum Gasteiger partial charge on any atom is 0.454 e. The number of anilines is 1. The Hall–Kier alpha value is -4.28. The smallest absolute Gasteiger partial charge is 0.454 e. The van der Waals surface area contributed by atoms with Crippen LogP contribution in [0.5, 0.6) is 11.5 Å². The number of alkyl halides is 3. The molecule has 1 fully saturated rings. The van der Waals surface area contributed by atoms with Crippen molar-refractivity contribution in [3.8, 4) is 11.5 Å². The topological polar surface area (TPSA) is 206 Å². The Morgan fingerprint density at radius 1 is 1.16 bits per heavy atom. The molecule has 1 amide bonds. The van der Waals surface area contributed by atoms with Gasteiger partial charge in [0.25, 0.3) is 11.7 Å². The molecule has 3 heterocycles. The van der Waals surface area contributed by atoms with E-state index < -0.39 is 65.0 Å². The third-order valence-electron chi connectivity index (χ3n) is 5.50. The molecule has 0 saturated carbocycles. The number of aliphatic hydroxyl groups is 2. The summed E-state index contributed by atoms with van der Waals surface area (Å²) in [7, 11) is 0. The number of nitrogen functional groups attached to an aromatic ring is 1. The minimum atomic E-state index is -5.26. The van der Waals surface area contributed by atoms with Crippen LogP contribution in [0.2, 0.25) is 0 Å². The van der Waals surface area contributed by atoms with Gasteiger partial charge in [-0.05, 0) is 12.1 Å². The molecule has 0 aliphatic carbocycles. The fourth-order valence-electron chi connectivity index (χ4n) is 3.67. The zero-order valence-electron chi connectivity index (χ0n) is 18.5. The van der Waals surface area contributed by atoms with Gasteiger partial charge in [-0.15, -0.1) is 0 Å². The molecular weight excluding hydrogens is 505 g/mol. The predicted molar refractivity (Wildman–Crippen MR) is 117 cm³/mol. The first-order valence-corrected chi connectivity index (χ1v) is 10.5. The number of aromatic hydroxyl groups is 2. The summed E-state index contributed by atoms with van der Waals surface area (Å²) < 4.78 is 45.1. The summed E-state index contributed by atoms with van der Waals surface area (Å²) in [6, 6.07) is 0.896. The van der Waals surface area contributed by atoms with E-state index in [9.17, 15) is 43.2 Å². The van der Waals surface area contributed by atoms with Crippen LogP contribution in [0.1, 0.15) is 26.9 Å². The number of aliphatic hydroxyl groups excluding tert-OH is 2. The van der Waals surface area contributed by atoms with Crippen LogP contribution in [0.4, 0.5) is 19.0 Å². The molecule has 4 unspecified atom stereocenters. The van der Waals surface area contributed by atoms with Gasteiger partial charge in [-0.25, -0.2) is 15.0 Å². The van der Waals surface area contributed by atoms with Crippen LogP contribution < -0.4 is 11.1 Å². The number of ether oxygens (including phenoxy) is 1. The molecule has 37 heavy (non-hydrogen) atoms. The van der Waals surface area contributed by atoms with Crippen LogP contribution in [0.3, 0.4) is 0 Å². The number of carbonyl (C=O) groups excluding carboxylic acids is 2. The molecule has 0 spiro atoms. The number of hydrogen-bond acceptors (Lipinski definition) is 11. The van der Waals surface area contributed by atoms with E-state index in [1.54, 1.807) is 0 Å². The largest absolute Gasteiger partial charge is 0.504 e. The molecule has 1 aliphatic heterocycles. The summed E-state index contributed by atoms with van der Waals surface area (Å²) in [5.41, 5.74) is 4.47. The maximum absolute atomic E-state index is 12.7. The lowest BCUT2D eigenvalue weighted by Gasteiger charge is -2.16. The number of halogens is 3. The second kappa shape index (κ2) is 9.64. The van der Waals surface area contributed by atoms with E-state index in [0.717, 1.165) is 0 Å². The van der Waals surface area contributed by atoms with Crippen molar-refractivity contribution < 1.29 is 47.9 Å². The minimum Gasteiger partial charge on any atom is -0.504 e. The standard InChI is InChI=1S/C21H19F3N6O7/c22-21(23,24)16(35)8-4-9(13(32)10(31)5-8)19(36)26-3-1-2-11-14(33)15(34)20(37-11)30-7-29-12-17(25)27-6-28-18(12)30/h1-2,4-7,11,14-15,20,31-34H,3H2,(H,26,36)(H2,25,27,28). The normalized spacial score (nSPS) is 22.1. The lowest BCUT2D eigenvalue weighted by Crippen LogP contribution is -2.31. The number of hydrogen-bond donors (Lipinski definition) is 6. The van der Waals surface area contributed by atoms with Crippen molar-refractivity contribution >= 4 is 28.7 Å². The van der Waals surface area contributed by atoms with Crippen LogP contribution in [0.15, 0.2) is 36.9 Å². The van der Waals surface area contributed by atoms with Crippen molar-refractivity contribution in [2.45, 2.75) is 30.7 Å². The summed E-state index contributed by atoms with van der Waals surface area (Å²) in [5.74, 6) is -5.40. The van der Waals surface area contributed by atoms with Gasteiger partial charge >= 0.3 is 6.18 Å². The van der Waals surface area contributed by atoms with Crippen LogP contribution >= 0.6 is 0 Å². The molecule has 4 atom stereocenters. The molecule has 2 aromatic heterocycles. The minimum absolute atomic E-state index is 0.108. The SMILES string of the molecule is Nc1ncnc2c1ncn2C1OC(C=CCNC(=O)c2cc(C(=O)C(F)(F)F)cc(O)c2O)C(O)C1O. The molecule has 1 aromatic carbocycles. The predicted octanol–water partition coefficient (Wildman–Crippen LogP) is 0.170. The second-order valence-corrected chi connectivity index (χ2v) is 7.91. The molecular formula is C21H19F3N6O7. The number of benzene rings is 1. The lowest BCUT2D eigenvalue weighted by molar-refractivity contribution is -0.0885. The van der Waals surface area contributed by atoms with Crippen molar-refractivity contribution in [2.75, 3.05) is 12.3 Å². The van der Waals surface area contributed by atoms with Crippen LogP contribution in [0, 0.1) is 0 Å². The number of imidazole rings is 1. The van der Waals surface area contributed by atoms with Gasteiger partial charge in [0, 0.05) is 12.1 Å². The Labute approximate surface area is 204 Å². The van der Waals surface area contributed by atoms with Crippen molar-refractivity contribution in [1.82, 2.24) is 24.8 Å². The average Bonchev–Trinajstić information content (AvgIpc) is 3.39. The molecule has 4 rings (SSSR count). The summed E-state index contributed by atoms with van der Waals surface area (Å²) in [4.78, 5) is 35.7. The fourth-order valence-corrected chi connectivity index (χ4v) is 3.67. The maximum atomic E-state index is 12.7. The van der Waals surface area contributed by atoms with E-state index in [1.165, 1.54) is 29.4 Å². The van der Waals surface area contributed by atoms with Gasteiger partial charge in [0.15, 0.2) is 29.2 Å². The van der Waals surface area contributed by atoms with Gasteiger partial charge in [0.05, 0.1) is 11.9 Å². The van der Waals surface area contributed by atoms with Crippen molar-refractivity contribution in [3.63, 3.8) is 0 Å². The highest BCUT2D eigenvalue weighted by Crippen LogP contribution is 2.34. The van der Waals surface area contributed by atoms with E-state index in [2.05, 4.69) is 20.3 Å². The van der Waals surface area contributed by atoms with E-state index in [1.807, 2.05) is 0 Å². The van der Waals surface area contributed by atoms with E-state index in [4.69, 9.17) is 10.5 Å². The third-order valence-corrected chi connectivity index (χ3v) is 5.50. The van der Waals surface area contributed by atoms with Crippen LogP contribution in [-0.4, -0.2) is 82.7 Å². The Kier molecular flexibility index (Phi) is 6.72. The first-order valence-electron chi connectivity index (χ1n) is 10.5.